The molecule has 3 aromatic carbocycles. The lowest BCUT2D eigenvalue weighted by Gasteiger charge is -2.32. The van der Waals surface area contributed by atoms with Gasteiger partial charge in [0.2, 0.25) is 11.8 Å². The van der Waals surface area contributed by atoms with Crippen molar-refractivity contribution in [1.82, 2.24) is 10.2 Å². The number of carbonyl (C=O) groups is 2. The van der Waals surface area contributed by atoms with E-state index in [0.717, 1.165) is 14.3 Å². The molecule has 0 aromatic heterocycles. The zero-order valence-corrected chi connectivity index (χ0v) is 24.1. The first-order valence-corrected chi connectivity index (χ1v) is 14.3. The summed E-state index contributed by atoms with van der Waals surface area (Å²) in [5, 5.41) is 2.77. The molecular weight excluding hydrogens is 573 g/mol. The minimum atomic E-state index is -4.16. The van der Waals surface area contributed by atoms with E-state index >= 15 is 0 Å². The number of rotatable bonds is 10. The third kappa shape index (κ3) is 7.20. The Kier molecular flexibility index (Phi) is 9.67. The number of amides is 2. The van der Waals surface area contributed by atoms with Crippen LogP contribution < -0.4 is 9.62 Å². The number of benzene rings is 3. The van der Waals surface area contributed by atoms with Gasteiger partial charge in [0, 0.05) is 22.6 Å². The van der Waals surface area contributed by atoms with Gasteiger partial charge < -0.3 is 10.2 Å². The Labute approximate surface area is 231 Å². The van der Waals surface area contributed by atoms with E-state index in [1.54, 1.807) is 56.3 Å². The van der Waals surface area contributed by atoms with Gasteiger partial charge in [-0.3, -0.25) is 13.9 Å². The van der Waals surface area contributed by atoms with Crippen LogP contribution in [0.3, 0.4) is 0 Å². The van der Waals surface area contributed by atoms with Crippen LogP contribution in [-0.4, -0.2) is 43.8 Å². The highest BCUT2D eigenvalue weighted by Gasteiger charge is 2.33. The standard InChI is InChI=1S/C28H31BrFN3O4S/c1-19(2)31-28(35)21(4)32(17-22-7-5-6-8-26(22)30)27(34)18-33(24-13-11-23(29)12-14-24)38(36,37)25-15-9-20(3)10-16-25/h5-16,19,21H,17-18H2,1-4H3,(H,31,35)/t21-/m1/s1. The average Bonchev–Trinajstić information content (AvgIpc) is 2.86. The number of nitrogens with one attached hydrogen (secondary N) is 1. The Balaban J connectivity index is 2.03. The highest BCUT2D eigenvalue weighted by molar-refractivity contribution is 9.10. The van der Waals surface area contributed by atoms with Crippen LogP contribution in [0.5, 0.6) is 0 Å². The summed E-state index contributed by atoms with van der Waals surface area (Å²) in [5.41, 5.74) is 1.37. The zero-order chi connectivity index (χ0) is 28.0. The van der Waals surface area contributed by atoms with E-state index in [-0.39, 0.29) is 28.7 Å². The van der Waals surface area contributed by atoms with Crippen molar-refractivity contribution in [3.63, 3.8) is 0 Å². The summed E-state index contributed by atoms with van der Waals surface area (Å²) in [6.45, 7) is 6.15. The second kappa shape index (κ2) is 12.5. The summed E-state index contributed by atoms with van der Waals surface area (Å²) in [6.07, 6.45) is 0. The summed E-state index contributed by atoms with van der Waals surface area (Å²) in [4.78, 5) is 27.9. The molecule has 0 unspecified atom stereocenters. The van der Waals surface area contributed by atoms with Crippen LogP contribution in [0.15, 0.2) is 82.2 Å². The third-order valence-electron chi connectivity index (χ3n) is 5.90. The Bertz CT molecular complexity index is 1380. The van der Waals surface area contributed by atoms with Gasteiger partial charge >= 0.3 is 0 Å². The molecule has 0 fully saturated rings. The first-order valence-electron chi connectivity index (χ1n) is 12.1. The SMILES string of the molecule is Cc1ccc(S(=O)(=O)N(CC(=O)N(Cc2ccccc2F)[C@H](C)C(=O)NC(C)C)c2ccc(Br)cc2)cc1. The molecule has 1 N–H and O–H groups in total. The van der Waals surface area contributed by atoms with Crippen LogP contribution in [0.2, 0.25) is 0 Å². The molecule has 7 nitrogen and oxygen atoms in total. The van der Waals surface area contributed by atoms with Crippen molar-refractivity contribution in [1.29, 1.82) is 0 Å². The maximum atomic E-state index is 14.5. The van der Waals surface area contributed by atoms with Gasteiger partial charge in [-0.1, -0.05) is 51.8 Å². The van der Waals surface area contributed by atoms with E-state index in [9.17, 15) is 22.4 Å². The quantitative estimate of drug-likeness (QED) is 0.352. The maximum Gasteiger partial charge on any atom is 0.264 e. The molecule has 0 heterocycles. The molecule has 0 radical (unpaired) electrons. The Morgan fingerprint density at radius 3 is 2.13 bits per heavy atom. The summed E-state index contributed by atoms with van der Waals surface area (Å²) in [7, 11) is -4.16. The molecule has 0 spiro atoms. The van der Waals surface area contributed by atoms with Crippen molar-refractivity contribution in [3.8, 4) is 0 Å². The van der Waals surface area contributed by atoms with E-state index in [0.29, 0.717) is 0 Å². The summed E-state index contributed by atoms with van der Waals surface area (Å²) >= 11 is 3.35. The predicted molar refractivity (Wildman–Crippen MR) is 150 cm³/mol. The van der Waals surface area contributed by atoms with Crippen molar-refractivity contribution in [2.75, 3.05) is 10.8 Å². The van der Waals surface area contributed by atoms with Gasteiger partial charge in [-0.25, -0.2) is 12.8 Å². The van der Waals surface area contributed by atoms with E-state index in [2.05, 4.69) is 21.2 Å². The van der Waals surface area contributed by atoms with Gasteiger partial charge in [0.05, 0.1) is 10.6 Å². The molecule has 3 rings (SSSR count). The molecule has 0 aliphatic heterocycles. The molecule has 0 saturated heterocycles. The summed E-state index contributed by atoms with van der Waals surface area (Å²) in [5.74, 6) is -1.61. The van der Waals surface area contributed by atoms with Crippen molar-refractivity contribution < 1.29 is 22.4 Å². The molecule has 202 valence electrons. The molecule has 10 heteroatoms. The number of carbonyl (C=O) groups excluding carboxylic acids is 2. The number of hydrogen-bond acceptors (Lipinski definition) is 4. The fourth-order valence-electron chi connectivity index (χ4n) is 3.77. The lowest BCUT2D eigenvalue weighted by atomic mass is 10.1. The minimum Gasteiger partial charge on any atom is -0.352 e. The largest absolute Gasteiger partial charge is 0.352 e. The van der Waals surface area contributed by atoms with Gasteiger partial charge in [-0.05, 0) is 70.2 Å². The maximum absolute atomic E-state index is 14.5. The van der Waals surface area contributed by atoms with Gasteiger partial charge in [0.1, 0.15) is 18.4 Å². The lowest BCUT2D eigenvalue weighted by Crippen LogP contribution is -2.52. The van der Waals surface area contributed by atoms with E-state index in [1.807, 2.05) is 6.92 Å². The Morgan fingerprint density at radius 1 is 0.947 bits per heavy atom. The van der Waals surface area contributed by atoms with E-state index in [4.69, 9.17) is 0 Å². The fraction of sp³-hybridized carbons (Fsp3) is 0.286. The van der Waals surface area contributed by atoms with E-state index < -0.39 is 40.2 Å². The molecule has 0 saturated carbocycles. The molecule has 0 bridgehead atoms. The average molecular weight is 605 g/mol. The smallest absolute Gasteiger partial charge is 0.264 e. The van der Waals surface area contributed by atoms with Crippen LogP contribution in [0.1, 0.15) is 31.9 Å². The molecule has 3 aromatic rings. The molecule has 2 amide bonds. The molecule has 38 heavy (non-hydrogen) atoms. The number of sulfonamides is 1. The minimum absolute atomic E-state index is 0.0186. The topological polar surface area (TPSA) is 86.8 Å². The Hall–Kier alpha value is -3.24. The van der Waals surface area contributed by atoms with Crippen LogP contribution in [0.4, 0.5) is 10.1 Å². The number of nitrogens with zero attached hydrogens (tertiary/aromatic N) is 2. The zero-order valence-electron chi connectivity index (χ0n) is 21.7. The van der Waals surface area contributed by atoms with Gasteiger partial charge in [0.25, 0.3) is 10.0 Å². The van der Waals surface area contributed by atoms with Gasteiger partial charge in [-0.2, -0.15) is 0 Å². The third-order valence-corrected chi connectivity index (χ3v) is 8.22. The van der Waals surface area contributed by atoms with Gasteiger partial charge in [0.15, 0.2) is 0 Å². The second-order valence-electron chi connectivity index (χ2n) is 9.25. The predicted octanol–water partition coefficient (Wildman–Crippen LogP) is 5.03. The first-order chi connectivity index (χ1) is 17.9. The molecule has 0 aliphatic rings. The fourth-order valence-corrected chi connectivity index (χ4v) is 5.45. The highest BCUT2D eigenvalue weighted by Crippen LogP contribution is 2.26. The number of aryl methyl sites for hydroxylation is 1. The van der Waals surface area contributed by atoms with Crippen molar-refractivity contribution in [2.24, 2.45) is 0 Å². The van der Waals surface area contributed by atoms with E-state index in [1.165, 1.54) is 42.2 Å². The first kappa shape index (κ1) is 29.3. The van der Waals surface area contributed by atoms with Crippen molar-refractivity contribution in [2.45, 2.75) is 51.2 Å². The van der Waals surface area contributed by atoms with Gasteiger partial charge in [-0.15, -0.1) is 0 Å². The molecule has 0 aliphatic carbocycles. The van der Waals surface area contributed by atoms with Crippen LogP contribution in [-0.2, 0) is 26.2 Å². The van der Waals surface area contributed by atoms with Crippen molar-refractivity contribution >= 4 is 43.5 Å². The second-order valence-corrected chi connectivity index (χ2v) is 12.0. The van der Waals surface area contributed by atoms with Crippen LogP contribution in [0, 0.1) is 12.7 Å². The lowest BCUT2D eigenvalue weighted by molar-refractivity contribution is -0.139. The monoisotopic (exact) mass is 603 g/mol. The van der Waals surface area contributed by atoms with Crippen LogP contribution in [0.25, 0.3) is 0 Å². The Morgan fingerprint density at radius 2 is 1.55 bits per heavy atom. The number of hydrogen-bond donors (Lipinski definition) is 1. The molecule has 1 atom stereocenters. The van der Waals surface area contributed by atoms with Crippen molar-refractivity contribution in [3.05, 3.63) is 94.2 Å². The summed E-state index contributed by atoms with van der Waals surface area (Å²) < 4.78 is 43.8. The van der Waals surface area contributed by atoms with Crippen LogP contribution >= 0.6 is 15.9 Å². The number of halogens is 2. The highest BCUT2D eigenvalue weighted by atomic mass is 79.9. The summed E-state index contributed by atoms with van der Waals surface area (Å²) in [6, 6.07) is 17.6. The normalized spacial score (nSPS) is 12.2. The molecular formula is C28H31BrFN3O4S. The number of anilines is 1.